The number of carboxylic acids is 1. The number of aromatic carboxylic acids is 1. The van der Waals surface area contributed by atoms with Crippen LogP contribution >= 0.6 is 0 Å². The second-order valence-electron chi connectivity index (χ2n) is 6.16. The summed E-state index contributed by atoms with van der Waals surface area (Å²) in [6.45, 7) is 3.64. The SMILES string of the molecule is CC(C)Oc1ccc(C(=O)O)cc1NC(=O)CCc1cccc([N+](=O)[O-])c1. The third-order valence-electron chi connectivity index (χ3n) is 3.63. The van der Waals surface area contributed by atoms with Crippen LogP contribution < -0.4 is 10.1 Å². The molecule has 2 N–H and O–H groups in total. The first-order valence-corrected chi connectivity index (χ1v) is 8.33. The van der Waals surface area contributed by atoms with E-state index in [1.54, 1.807) is 12.1 Å². The van der Waals surface area contributed by atoms with Crippen LogP contribution in [0.25, 0.3) is 0 Å². The molecule has 0 bridgehead atoms. The molecule has 0 unspecified atom stereocenters. The number of nitro benzene ring substituents is 1. The highest BCUT2D eigenvalue weighted by molar-refractivity contribution is 5.95. The Morgan fingerprint density at radius 3 is 2.59 bits per heavy atom. The van der Waals surface area contributed by atoms with Gasteiger partial charge in [-0.2, -0.15) is 0 Å². The van der Waals surface area contributed by atoms with E-state index in [4.69, 9.17) is 9.84 Å². The van der Waals surface area contributed by atoms with Gasteiger partial charge in [0.25, 0.3) is 5.69 Å². The molecule has 0 aliphatic carbocycles. The summed E-state index contributed by atoms with van der Waals surface area (Å²) >= 11 is 0. The Morgan fingerprint density at radius 1 is 1.22 bits per heavy atom. The average Bonchev–Trinajstić information content (AvgIpc) is 2.61. The number of aryl methyl sites for hydroxylation is 1. The van der Waals surface area contributed by atoms with E-state index < -0.39 is 10.9 Å². The summed E-state index contributed by atoms with van der Waals surface area (Å²) in [5, 5.41) is 22.6. The van der Waals surface area contributed by atoms with Gasteiger partial charge in [-0.3, -0.25) is 14.9 Å². The molecule has 142 valence electrons. The van der Waals surface area contributed by atoms with Gasteiger partial charge in [-0.15, -0.1) is 0 Å². The van der Waals surface area contributed by atoms with E-state index in [0.717, 1.165) is 0 Å². The van der Waals surface area contributed by atoms with Gasteiger partial charge in [0, 0.05) is 18.6 Å². The zero-order valence-electron chi connectivity index (χ0n) is 15.0. The molecule has 8 heteroatoms. The lowest BCUT2D eigenvalue weighted by Crippen LogP contribution is -2.15. The molecule has 27 heavy (non-hydrogen) atoms. The van der Waals surface area contributed by atoms with Crippen LogP contribution in [0.2, 0.25) is 0 Å². The van der Waals surface area contributed by atoms with Crippen molar-refractivity contribution in [2.24, 2.45) is 0 Å². The molecule has 0 aromatic heterocycles. The molecule has 2 rings (SSSR count). The van der Waals surface area contributed by atoms with Crippen molar-refractivity contribution >= 4 is 23.3 Å². The molecule has 1 amide bonds. The monoisotopic (exact) mass is 372 g/mol. The van der Waals surface area contributed by atoms with Crippen molar-refractivity contribution in [1.29, 1.82) is 0 Å². The van der Waals surface area contributed by atoms with Gasteiger partial charge in [-0.05, 0) is 44.0 Å². The van der Waals surface area contributed by atoms with Crippen LogP contribution in [0.1, 0.15) is 36.2 Å². The van der Waals surface area contributed by atoms with Gasteiger partial charge in [0.1, 0.15) is 5.75 Å². The fourth-order valence-electron chi connectivity index (χ4n) is 2.41. The molecule has 0 heterocycles. The van der Waals surface area contributed by atoms with Gasteiger partial charge in [0.15, 0.2) is 0 Å². The topological polar surface area (TPSA) is 119 Å². The van der Waals surface area contributed by atoms with E-state index in [9.17, 15) is 19.7 Å². The van der Waals surface area contributed by atoms with E-state index >= 15 is 0 Å². The number of carbonyl (C=O) groups excluding carboxylic acids is 1. The molecule has 2 aromatic carbocycles. The maximum absolute atomic E-state index is 12.3. The third-order valence-corrected chi connectivity index (χ3v) is 3.63. The molecule has 0 fully saturated rings. The Kier molecular flexibility index (Phi) is 6.48. The van der Waals surface area contributed by atoms with E-state index in [1.165, 1.54) is 30.3 Å². The molecule has 0 radical (unpaired) electrons. The summed E-state index contributed by atoms with van der Waals surface area (Å²) in [6, 6.07) is 10.3. The molecular formula is C19H20N2O6. The number of hydrogen-bond donors (Lipinski definition) is 2. The summed E-state index contributed by atoms with van der Waals surface area (Å²) in [6.07, 6.45) is 0.243. The number of anilines is 1. The zero-order chi connectivity index (χ0) is 20.0. The largest absolute Gasteiger partial charge is 0.489 e. The van der Waals surface area contributed by atoms with Gasteiger partial charge in [-0.25, -0.2) is 4.79 Å². The summed E-state index contributed by atoms with van der Waals surface area (Å²) in [5.41, 5.74) is 0.930. The molecule has 8 nitrogen and oxygen atoms in total. The van der Waals surface area contributed by atoms with E-state index in [2.05, 4.69) is 5.32 Å². The Hall–Kier alpha value is -3.42. The molecule has 0 aliphatic heterocycles. The van der Waals surface area contributed by atoms with Crippen molar-refractivity contribution in [3.05, 3.63) is 63.7 Å². The number of non-ortho nitro benzene ring substituents is 1. The van der Waals surface area contributed by atoms with Gasteiger partial charge < -0.3 is 15.2 Å². The van der Waals surface area contributed by atoms with Crippen molar-refractivity contribution < 1.29 is 24.4 Å². The van der Waals surface area contributed by atoms with E-state index in [0.29, 0.717) is 17.7 Å². The number of carbonyl (C=O) groups is 2. The first kappa shape index (κ1) is 19.9. The summed E-state index contributed by atoms with van der Waals surface area (Å²) in [7, 11) is 0. The lowest BCUT2D eigenvalue weighted by molar-refractivity contribution is -0.384. The maximum Gasteiger partial charge on any atom is 0.335 e. The smallest absolute Gasteiger partial charge is 0.335 e. The van der Waals surface area contributed by atoms with Crippen molar-refractivity contribution in [3.8, 4) is 5.75 Å². The highest BCUT2D eigenvalue weighted by atomic mass is 16.6. The van der Waals surface area contributed by atoms with E-state index in [-0.39, 0.29) is 35.4 Å². The number of ether oxygens (including phenoxy) is 1. The van der Waals surface area contributed by atoms with Gasteiger partial charge >= 0.3 is 5.97 Å². The van der Waals surface area contributed by atoms with Crippen LogP contribution in [0.5, 0.6) is 5.75 Å². The minimum Gasteiger partial charge on any atom is -0.489 e. The second-order valence-corrected chi connectivity index (χ2v) is 6.16. The third kappa shape index (κ3) is 5.81. The average molecular weight is 372 g/mol. The van der Waals surface area contributed by atoms with Crippen molar-refractivity contribution in [2.45, 2.75) is 32.8 Å². The first-order chi connectivity index (χ1) is 12.8. The molecule has 0 saturated heterocycles. The maximum atomic E-state index is 12.3. The van der Waals surface area contributed by atoms with Crippen molar-refractivity contribution in [2.75, 3.05) is 5.32 Å². The summed E-state index contributed by atoms with van der Waals surface area (Å²) < 4.78 is 5.60. The van der Waals surface area contributed by atoms with Crippen LogP contribution in [-0.4, -0.2) is 28.0 Å². The van der Waals surface area contributed by atoms with Crippen molar-refractivity contribution in [1.82, 2.24) is 0 Å². The predicted molar refractivity (Wildman–Crippen MR) is 99.2 cm³/mol. The van der Waals surface area contributed by atoms with Crippen LogP contribution in [0, 0.1) is 10.1 Å². The van der Waals surface area contributed by atoms with Crippen LogP contribution in [-0.2, 0) is 11.2 Å². The lowest BCUT2D eigenvalue weighted by atomic mass is 10.1. The van der Waals surface area contributed by atoms with Gasteiger partial charge in [0.05, 0.1) is 22.3 Å². The minimum atomic E-state index is -1.11. The predicted octanol–water partition coefficient (Wildman–Crippen LogP) is 3.65. The summed E-state index contributed by atoms with van der Waals surface area (Å²) in [4.78, 5) is 33.8. The number of amides is 1. The molecule has 0 saturated carbocycles. The van der Waals surface area contributed by atoms with Crippen molar-refractivity contribution in [3.63, 3.8) is 0 Å². The highest BCUT2D eigenvalue weighted by Crippen LogP contribution is 2.27. The number of nitrogens with zero attached hydrogens (tertiary/aromatic N) is 1. The number of nitrogens with one attached hydrogen (secondary N) is 1. The molecule has 0 aliphatic rings. The number of hydrogen-bond acceptors (Lipinski definition) is 5. The second kappa shape index (κ2) is 8.79. The van der Waals surface area contributed by atoms with Gasteiger partial charge in [0.2, 0.25) is 5.91 Å². The number of rotatable bonds is 8. The fraction of sp³-hybridized carbons (Fsp3) is 0.263. The zero-order valence-corrected chi connectivity index (χ0v) is 15.0. The minimum absolute atomic E-state index is 0.0279. The van der Waals surface area contributed by atoms with Crippen LogP contribution in [0.4, 0.5) is 11.4 Å². The Balaban J connectivity index is 2.09. The Labute approximate surface area is 155 Å². The van der Waals surface area contributed by atoms with E-state index in [1.807, 2.05) is 13.8 Å². The molecule has 0 atom stereocenters. The first-order valence-electron chi connectivity index (χ1n) is 8.33. The molecule has 0 spiro atoms. The Bertz CT molecular complexity index is 863. The number of nitro groups is 1. The Morgan fingerprint density at radius 2 is 1.96 bits per heavy atom. The molecule has 2 aromatic rings. The number of benzene rings is 2. The fourth-order valence-corrected chi connectivity index (χ4v) is 2.41. The number of carboxylic acid groups (broad SMARTS) is 1. The summed E-state index contributed by atoms with van der Waals surface area (Å²) in [5.74, 6) is -1.09. The van der Waals surface area contributed by atoms with Crippen LogP contribution in [0.3, 0.4) is 0 Å². The quantitative estimate of drug-likeness (QED) is 0.539. The normalized spacial score (nSPS) is 10.5. The highest BCUT2D eigenvalue weighted by Gasteiger charge is 2.14. The molecular weight excluding hydrogens is 352 g/mol. The lowest BCUT2D eigenvalue weighted by Gasteiger charge is -2.15. The van der Waals surface area contributed by atoms with Gasteiger partial charge in [-0.1, -0.05) is 12.1 Å². The van der Waals surface area contributed by atoms with Crippen LogP contribution in [0.15, 0.2) is 42.5 Å². The standard InChI is InChI=1S/C19H20N2O6/c1-12(2)27-17-8-7-14(19(23)24)11-16(17)20-18(22)9-6-13-4-3-5-15(10-13)21(25)26/h3-5,7-8,10-12H,6,9H2,1-2H3,(H,20,22)(H,23,24).